The molecule has 1 aromatic carbocycles. The molecule has 3 heterocycles. The van der Waals surface area contributed by atoms with Gasteiger partial charge in [0.05, 0.1) is 31.3 Å². The summed E-state index contributed by atoms with van der Waals surface area (Å²) < 4.78 is 7.16. The minimum atomic E-state index is -0.252. The highest BCUT2D eigenvalue weighted by Gasteiger charge is 2.41. The molecule has 1 N–H and O–H groups in total. The second-order valence-corrected chi connectivity index (χ2v) is 8.48. The van der Waals surface area contributed by atoms with Crippen molar-refractivity contribution in [1.29, 1.82) is 0 Å². The van der Waals surface area contributed by atoms with Crippen LogP contribution in [0.5, 0.6) is 0 Å². The smallest absolute Gasteiger partial charge is 0.307 e. The number of para-hydroxylation sites is 1. The zero-order valence-corrected chi connectivity index (χ0v) is 19.6. The molecule has 0 amide bonds. The average Bonchev–Trinajstić information content (AvgIpc) is 3.28. The van der Waals surface area contributed by atoms with Crippen molar-refractivity contribution in [2.75, 3.05) is 13.7 Å². The van der Waals surface area contributed by atoms with Gasteiger partial charge in [0.2, 0.25) is 0 Å². The number of aromatic nitrogens is 2. The van der Waals surface area contributed by atoms with Crippen molar-refractivity contribution in [3.63, 3.8) is 0 Å². The number of carbonyl (C=O) groups is 1. The molecule has 166 valence electrons. The number of ether oxygens (including phenoxy) is 1. The van der Waals surface area contributed by atoms with Gasteiger partial charge < -0.3 is 19.5 Å². The van der Waals surface area contributed by atoms with Crippen molar-refractivity contribution in [1.82, 2.24) is 19.8 Å². The Bertz CT molecular complexity index is 1140. The Morgan fingerprint density at radius 2 is 1.91 bits per heavy atom. The summed E-state index contributed by atoms with van der Waals surface area (Å²) in [6.45, 7) is 6.86. The van der Waals surface area contributed by atoms with E-state index in [1.54, 1.807) is 6.20 Å². The maximum Gasteiger partial charge on any atom is 0.307 e. The van der Waals surface area contributed by atoms with E-state index >= 15 is 0 Å². The first-order valence-corrected chi connectivity index (χ1v) is 11.1. The van der Waals surface area contributed by atoms with E-state index in [4.69, 9.17) is 17.0 Å². The number of nitrogens with one attached hydrogen (secondary N) is 1. The molecule has 2 atom stereocenters. The van der Waals surface area contributed by atoms with Gasteiger partial charge in [-0.3, -0.25) is 9.78 Å². The lowest BCUT2D eigenvalue weighted by molar-refractivity contribution is -0.140. The highest BCUT2D eigenvalue weighted by atomic mass is 32.1. The Balaban J connectivity index is 1.81. The SMILES string of the molecule is COC(=O)CCN1C(=S)N[C@H](c2ccccn2)[C@@H]1c1cc(C)n(-c2ccccc2C)c1C. The zero-order valence-electron chi connectivity index (χ0n) is 18.8. The maximum absolute atomic E-state index is 11.9. The molecule has 1 saturated heterocycles. The predicted octanol–water partition coefficient (Wildman–Crippen LogP) is 4.33. The fraction of sp³-hybridized carbons (Fsp3) is 0.320. The van der Waals surface area contributed by atoms with Crippen LogP contribution in [0.2, 0.25) is 0 Å². The van der Waals surface area contributed by atoms with Crippen molar-refractivity contribution < 1.29 is 9.53 Å². The normalized spacial score (nSPS) is 18.0. The third-order valence-corrected chi connectivity index (χ3v) is 6.48. The molecule has 4 rings (SSSR count). The van der Waals surface area contributed by atoms with Crippen molar-refractivity contribution in [3.8, 4) is 5.69 Å². The molecule has 1 fully saturated rings. The predicted molar refractivity (Wildman–Crippen MR) is 129 cm³/mol. The van der Waals surface area contributed by atoms with E-state index in [-0.39, 0.29) is 24.5 Å². The lowest BCUT2D eigenvalue weighted by Gasteiger charge is -2.28. The molecule has 0 aliphatic carbocycles. The highest BCUT2D eigenvalue weighted by molar-refractivity contribution is 7.80. The third kappa shape index (κ3) is 4.00. The van der Waals surface area contributed by atoms with Crippen molar-refractivity contribution >= 4 is 23.3 Å². The van der Waals surface area contributed by atoms with Gasteiger partial charge in [-0.25, -0.2) is 0 Å². The molecule has 0 bridgehead atoms. The number of carbonyl (C=O) groups excluding carboxylic acids is 1. The lowest BCUT2D eigenvalue weighted by atomic mass is 9.96. The first-order chi connectivity index (χ1) is 15.4. The van der Waals surface area contributed by atoms with E-state index in [0.29, 0.717) is 11.7 Å². The summed E-state index contributed by atoms with van der Waals surface area (Å²) in [5.74, 6) is -0.252. The van der Waals surface area contributed by atoms with Gasteiger partial charge in [-0.2, -0.15) is 0 Å². The fourth-order valence-corrected chi connectivity index (χ4v) is 4.90. The van der Waals surface area contributed by atoms with Crippen molar-refractivity contribution in [2.24, 2.45) is 0 Å². The molecule has 0 unspecified atom stereocenters. The van der Waals surface area contributed by atoms with E-state index in [9.17, 15) is 4.79 Å². The van der Waals surface area contributed by atoms with Crippen LogP contribution in [-0.2, 0) is 9.53 Å². The lowest BCUT2D eigenvalue weighted by Crippen LogP contribution is -2.32. The molecule has 2 aromatic heterocycles. The summed E-state index contributed by atoms with van der Waals surface area (Å²) in [7, 11) is 1.41. The molecule has 0 radical (unpaired) electrons. The monoisotopic (exact) mass is 448 g/mol. The van der Waals surface area contributed by atoms with Gasteiger partial charge in [-0.1, -0.05) is 24.3 Å². The van der Waals surface area contributed by atoms with Crippen LogP contribution in [0.25, 0.3) is 5.69 Å². The molecule has 0 spiro atoms. The maximum atomic E-state index is 11.9. The van der Waals surface area contributed by atoms with E-state index in [1.165, 1.54) is 18.2 Å². The van der Waals surface area contributed by atoms with Crippen LogP contribution in [0.3, 0.4) is 0 Å². The molecule has 7 heteroatoms. The quantitative estimate of drug-likeness (QED) is 0.447. The number of hydrogen-bond donors (Lipinski definition) is 1. The fourth-order valence-electron chi connectivity index (χ4n) is 4.57. The van der Waals surface area contributed by atoms with E-state index in [0.717, 1.165) is 22.8 Å². The minimum absolute atomic E-state index is 0.0916. The molecule has 1 aliphatic heterocycles. The molecule has 1 aliphatic rings. The van der Waals surface area contributed by atoms with Crippen LogP contribution < -0.4 is 5.32 Å². The van der Waals surface area contributed by atoms with Crippen LogP contribution in [-0.4, -0.2) is 39.2 Å². The molecule has 6 nitrogen and oxygen atoms in total. The minimum Gasteiger partial charge on any atom is -0.469 e. The Morgan fingerprint density at radius 3 is 2.59 bits per heavy atom. The summed E-state index contributed by atoms with van der Waals surface area (Å²) in [5.41, 5.74) is 6.76. The summed E-state index contributed by atoms with van der Waals surface area (Å²) >= 11 is 5.71. The summed E-state index contributed by atoms with van der Waals surface area (Å²) in [4.78, 5) is 18.6. The van der Waals surface area contributed by atoms with E-state index in [1.807, 2.05) is 18.2 Å². The van der Waals surface area contributed by atoms with Gasteiger partial charge in [-0.05, 0) is 68.4 Å². The zero-order chi connectivity index (χ0) is 22.8. The van der Waals surface area contributed by atoms with Crippen LogP contribution in [0.4, 0.5) is 0 Å². The van der Waals surface area contributed by atoms with Gasteiger partial charge >= 0.3 is 5.97 Å². The second-order valence-electron chi connectivity index (χ2n) is 8.09. The number of benzene rings is 1. The van der Waals surface area contributed by atoms with Crippen LogP contribution in [0, 0.1) is 20.8 Å². The number of aryl methyl sites for hydroxylation is 2. The number of rotatable bonds is 6. The Hall–Kier alpha value is -3.19. The molecule has 32 heavy (non-hydrogen) atoms. The number of nitrogens with zero attached hydrogens (tertiary/aromatic N) is 3. The summed E-state index contributed by atoms with van der Waals surface area (Å²) in [6, 6.07) is 16.3. The summed E-state index contributed by atoms with van der Waals surface area (Å²) in [5, 5.41) is 4.07. The van der Waals surface area contributed by atoms with Gasteiger partial charge in [0, 0.05) is 29.8 Å². The van der Waals surface area contributed by atoms with Crippen LogP contribution in [0.15, 0.2) is 54.7 Å². The number of methoxy groups -OCH3 is 1. The van der Waals surface area contributed by atoms with Gasteiger partial charge in [0.1, 0.15) is 0 Å². The van der Waals surface area contributed by atoms with Crippen molar-refractivity contribution in [2.45, 2.75) is 39.3 Å². The highest BCUT2D eigenvalue weighted by Crippen LogP contribution is 2.41. The van der Waals surface area contributed by atoms with Crippen molar-refractivity contribution in [3.05, 3.63) is 82.9 Å². The standard InChI is InChI=1S/C25H28N4O2S/c1-16-9-5-6-11-21(16)29-17(2)15-19(18(29)3)24-23(20-10-7-8-13-26-20)27-25(32)28(24)14-12-22(30)31-4/h5-11,13,15,23-24H,12,14H2,1-4H3,(H,27,32)/t23-,24+/m1/s1. The number of pyridine rings is 1. The van der Waals surface area contributed by atoms with Gasteiger partial charge in [0.15, 0.2) is 5.11 Å². The first kappa shape index (κ1) is 22.0. The Morgan fingerprint density at radius 1 is 1.16 bits per heavy atom. The Kier molecular flexibility index (Phi) is 6.28. The molecular formula is C25H28N4O2S. The largest absolute Gasteiger partial charge is 0.469 e. The number of thiocarbonyl (C=S) groups is 1. The van der Waals surface area contributed by atoms with Crippen LogP contribution in [0.1, 0.15) is 46.7 Å². The first-order valence-electron chi connectivity index (χ1n) is 10.7. The topological polar surface area (TPSA) is 59.4 Å². The van der Waals surface area contributed by atoms with E-state index < -0.39 is 0 Å². The van der Waals surface area contributed by atoms with Crippen LogP contribution >= 0.6 is 12.2 Å². The third-order valence-electron chi connectivity index (χ3n) is 6.13. The molecule has 3 aromatic rings. The number of esters is 1. The molecule has 0 saturated carbocycles. The van der Waals surface area contributed by atoms with Gasteiger partial charge in [-0.15, -0.1) is 0 Å². The second kappa shape index (κ2) is 9.12. The van der Waals surface area contributed by atoms with E-state index in [2.05, 4.69) is 70.9 Å². The summed E-state index contributed by atoms with van der Waals surface area (Å²) in [6.07, 6.45) is 2.06. The van der Waals surface area contributed by atoms with Gasteiger partial charge in [0.25, 0.3) is 0 Å². The Labute approximate surface area is 194 Å². The molecular weight excluding hydrogens is 420 g/mol. The average molecular weight is 449 g/mol. The number of hydrogen-bond acceptors (Lipinski definition) is 4.